The first-order valence-electron chi connectivity index (χ1n) is 9.28. The molecule has 7 nitrogen and oxygen atoms in total. The Labute approximate surface area is 153 Å². The van der Waals surface area contributed by atoms with E-state index in [1.54, 1.807) is 0 Å². The van der Waals surface area contributed by atoms with Crippen LogP contribution in [0.5, 0.6) is 0 Å². The second kappa shape index (κ2) is 7.45. The van der Waals surface area contributed by atoms with Gasteiger partial charge in [-0.2, -0.15) is 0 Å². The first kappa shape index (κ1) is 17.0. The third kappa shape index (κ3) is 3.44. The summed E-state index contributed by atoms with van der Waals surface area (Å²) in [6, 6.07) is 8.33. The Balaban J connectivity index is 1.37. The van der Waals surface area contributed by atoms with Gasteiger partial charge in [-0.25, -0.2) is 9.78 Å². The van der Waals surface area contributed by atoms with Gasteiger partial charge in [0.2, 0.25) is 0 Å². The molecule has 0 unspecified atom stereocenters. The molecule has 26 heavy (non-hydrogen) atoms. The van der Waals surface area contributed by atoms with Crippen molar-refractivity contribution < 1.29 is 9.53 Å². The fourth-order valence-corrected chi connectivity index (χ4v) is 3.72. The molecule has 0 N–H and O–H groups in total. The Morgan fingerprint density at radius 2 is 1.81 bits per heavy atom. The lowest BCUT2D eigenvalue weighted by Crippen LogP contribution is -2.52. The van der Waals surface area contributed by atoms with Crippen molar-refractivity contribution in [3.8, 4) is 0 Å². The smallest absolute Gasteiger partial charge is 0.320 e. The molecule has 0 atom stereocenters. The molecule has 1 aromatic heterocycles. The standard InChI is InChI=1S/C19H25N5O2/c1-22(19(25)24-10-12-26-13-11-24)15-6-8-23(9-7-15)18-14-20-16-4-2-3-5-17(16)21-18/h2-5,14-15H,6-13H2,1H3. The fraction of sp³-hybridized carbons (Fsp3) is 0.526. The molecule has 2 fully saturated rings. The molecule has 2 amide bonds. The first-order chi connectivity index (χ1) is 12.7. The zero-order valence-electron chi connectivity index (χ0n) is 15.2. The van der Waals surface area contributed by atoms with Gasteiger partial charge in [0, 0.05) is 39.3 Å². The molecule has 0 bridgehead atoms. The summed E-state index contributed by atoms with van der Waals surface area (Å²) in [6.07, 6.45) is 3.74. The average Bonchev–Trinajstić information content (AvgIpc) is 2.73. The van der Waals surface area contributed by atoms with E-state index < -0.39 is 0 Å². The second-order valence-electron chi connectivity index (χ2n) is 6.93. The number of morpholine rings is 1. The quantitative estimate of drug-likeness (QED) is 0.824. The zero-order valence-corrected chi connectivity index (χ0v) is 15.2. The van der Waals surface area contributed by atoms with Crippen molar-refractivity contribution in [1.29, 1.82) is 0 Å². The average molecular weight is 355 g/mol. The van der Waals surface area contributed by atoms with Crippen LogP contribution >= 0.6 is 0 Å². The number of piperidine rings is 1. The number of urea groups is 1. The van der Waals surface area contributed by atoms with Crippen LogP contribution in [0.25, 0.3) is 11.0 Å². The van der Waals surface area contributed by atoms with Gasteiger partial charge in [0.05, 0.1) is 30.4 Å². The maximum atomic E-state index is 12.7. The molecule has 138 valence electrons. The summed E-state index contributed by atoms with van der Waals surface area (Å²) in [5.74, 6) is 0.921. The normalized spacial score (nSPS) is 19.0. The van der Waals surface area contributed by atoms with Crippen LogP contribution in [0.4, 0.5) is 10.6 Å². The number of carbonyl (C=O) groups is 1. The highest BCUT2D eigenvalue weighted by molar-refractivity contribution is 5.76. The van der Waals surface area contributed by atoms with Gasteiger partial charge in [0.25, 0.3) is 0 Å². The molecule has 2 saturated heterocycles. The van der Waals surface area contributed by atoms with Crippen LogP contribution in [-0.4, -0.2) is 78.3 Å². The van der Waals surface area contributed by atoms with Gasteiger partial charge < -0.3 is 19.4 Å². The second-order valence-corrected chi connectivity index (χ2v) is 6.93. The van der Waals surface area contributed by atoms with Crippen LogP contribution < -0.4 is 4.90 Å². The highest BCUT2D eigenvalue weighted by Gasteiger charge is 2.29. The van der Waals surface area contributed by atoms with E-state index in [0.717, 1.165) is 42.8 Å². The number of carbonyl (C=O) groups excluding carboxylic acids is 1. The summed E-state index contributed by atoms with van der Waals surface area (Å²) in [4.78, 5) is 28.0. The van der Waals surface area contributed by atoms with Gasteiger partial charge in [-0.15, -0.1) is 0 Å². The SMILES string of the molecule is CN(C(=O)N1CCOCC1)C1CCN(c2cnc3ccccc3n2)CC1. The summed E-state index contributed by atoms with van der Waals surface area (Å²) in [6.45, 7) is 4.43. The van der Waals surface area contributed by atoms with Crippen LogP contribution in [0.3, 0.4) is 0 Å². The topological polar surface area (TPSA) is 61.8 Å². The largest absolute Gasteiger partial charge is 0.378 e. The summed E-state index contributed by atoms with van der Waals surface area (Å²) in [5, 5.41) is 0. The molecule has 0 radical (unpaired) electrons. The Morgan fingerprint density at radius 3 is 2.54 bits per heavy atom. The maximum Gasteiger partial charge on any atom is 0.320 e. The summed E-state index contributed by atoms with van der Waals surface area (Å²) in [5.41, 5.74) is 1.84. The molecule has 2 aliphatic heterocycles. The van der Waals surface area contributed by atoms with E-state index in [1.807, 2.05) is 47.3 Å². The Morgan fingerprint density at radius 1 is 1.12 bits per heavy atom. The molecule has 0 saturated carbocycles. The van der Waals surface area contributed by atoms with Gasteiger partial charge >= 0.3 is 6.03 Å². The van der Waals surface area contributed by atoms with Crippen molar-refractivity contribution in [2.75, 3.05) is 51.3 Å². The van der Waals surface area contributed by atoms with Crippen molar-refractivity contribution in [2.45, 2.75) is 18.9 Å². The van der Waals surface area contributed by atoms with E-state index >= 15 is 0 Å². The number of fused-ring (bicyclic) bond motifs is 1. The molecular weight excluding hydrogens is 330 g/mol. The third-order valence-corrected chi connectivity index (χ3v) is 5.36. The van der Waals surface area contributed by atoms with Gasteiger partial charge in [0.15, 0.2) is 0 Å². The first-order valence-corrected chi connectivity index (χ1v) is 9.28. The minimum atomic E-state index is 0.122. The number of aromatic nitrogens is 2. The molecule has 0 aliphatic carbocycles. The number of anilines is 1. The fourth-order valence-electron chi connectivity index (χ4n) is 3.72. The van der Waals surface area contributed by atoms with Gasteiger partial charge in [0.1, 0.15) is 5.82 Å². The molecule has 2 aliphatic rings. The van der Waals surface area contributed by atoms with Crippen molar-refractivity contribution >= 4 is 22.9 Å². The van der Waals surface area contributed by atoms with E-state index in [4.69, 9.17) is 9.72 Å². The molecule has 3 heterocycles. The van der Waals surface area contributed by atoms with Crippen molar-refractivity contribution in [3.05, 3.63) is 30.5 Å². The zero-order chi connectivity index (χ0) is 17.9. The summed E-state index contributed by atoms with van der Waals surface area (Å²) >= 11 is 0. The van der Waals surface area contributed by atoms with Crippen LogP contribution in [0.15, 0.2) is 30.5 Å². The molecule has 7 heteroatoms. The van der Waals surface area contributed by atoms with E-state index in [0.29, 0.717) is 26.3 Å². The van der Waals surface area contributed by atoms with E-state index in [-0.39, 0.29) is 12.1 Å². The Hall–Kier alpha value is -2.41. The van der Waals surface area contributed by atoms with Gasteiger partial charge in [-0.1, -0.05) is 12.1 Å². The number of amides is 2. The molecule has 2 aromatic rings. The lowest BCUT2D eigenvalue weighted by Gasteiger charge is -2.39. The highest BCUT2D eigenvalue weighted by atomic mass is 16.5. The minimum absolute atomic E-state index is 0.122. The van der Waals surface area contributed by atoms with Crippen LogP contribution in [0.1, 0.15) is 12.8 Å². The number of benzene rings is 1. The Kier molecular flexibility index (Phi) is 4.88. The van der Waals surface area contributed by atoms with E-state index in [1.165, 1.54) is 0 Å². The van der Waals surface area contributed by atoms with E-state index in [9.17, 15) is 4.79 Å². The number of ether oxygens (including phenoxy) is 1. The molecular formula is C19H25N5O2. The number of para-hydroxylation sites is 2. The van der Waals surface area contributed by atoms with Crippen LogP contribution in [0, 0.1) is 0 Å². The van der Waals surface area contributed by atoms with E-state index in [2.05, 4.69) is 9.88 Å². The monoisotopic (exact) mass is 355 g/mol. The maximum absolute atomic E-state index is 12.7. The number of nitrogens with zero attached hydrogens (tertiary/aromatic N) is 5. The lowest BCUT2D eigenvalue weighted by atomic mass is 10.0. The van der Waals surface area contributed by atoms with Crippen LogP contribution in [-0.2, 0) is 4.74 Å². The highest BCUT2D eigenvalue weighted by Crippen LogP contribution is 2.22. The van der Waals surface area contributed by atoms with Crippen molar-refractivity contribution in [1.82, 2.24) is 19.8 Å². The predicted octanol–water partition coefficient (Wildman–Crippen LogP) is 1.98. The third-order valence-electron chi connectivity index (χ3n) is 5.36. The van der Waals surface area contributed by atoms with Gasteiger partial charge in [-0.3, -0.25) is 4.98 Å². The minimum Gasteiger partial charge on any atom is -0.378 e. The predicted molar refractivity (Wildman–Crippen MR) is 100 cm³/mol. The molecule has 4 rings (SSSR count). The molecule has 1 aromatic carbocycles. The van der Waals surface area contributed by atoms with Gasteiger partial charge in [-0.05, 0) is 25.0 Å². The van der Waals surface area contributed by atoms with Crippen molar-refractivity contribution in [2.24, 2.45) is 0 Å². The number of rotatable bonds is 2. The van der Waals surface area contributed by atoms with Crippen LogP contribution in [0.2, 0.25) is 0 Å². The number of hydrogen-bond acceptors (Lipinski definition) is 5. The van der Waals surface area contributed by atoms with Crippen molar-refractivity contribution in [3.63, 3.8) is 0 Å². The molecule has 0 spiro atoms. The Bertz CT molecular complexity index is 769. The summed E-state index contributed by atoms with van der Waals surface area (Å²) in [7, 11) is 1.92. The number of hydrogen-bond donors (Lipinski definition) is 0. The lowest BCUT2D eigenvalue weighted by molar-refractivity contribution is 0.0409. The summed E-state index contributed by atoms with van der Waals surface area (Å²) < 4.78 is 5.34.